The van der Waals surface area contributed by atoms with E-state index >= 15 is 0 Å². The predicted molar refractivity (Wildman–Crippen MR) is 66.2 cm³/mol. The van der Waals surface area contributed by atoms with Crippen LogP contribution in [-0.4, -0.2) is 18.0 Å². The summed E-state index contributed by atoms with van der Waals surface area (Å²) >= 11 is 5.83. The zero-order chi connectivity index (χ0) is 12.8. The fourth-order valence-corrected chi connectivity index (χ4v) is 1.81. The number of nitrogens with zero attached hydrogens (tertiary/aromatic N) is 3. The topological polar surface area (TPSA) is 70.2 Å². The number of para-hydroxylation sites is 1. The molecular formula is C11H12ClN3O2. The molecule has 0 atom stereocenters. The van der Waals surface area contributed by atoms with Gasteiger partial charge in [0.2, 0.25) is 0 Å². The van der Waals surface area contributed by atoms with Crippen LogP contribution in [0.3, 0.4) is 0 Å². The molecule has 0 radical (unpaired) electrons. The molecule has 1 aromatic rings. The molecule has 0 N–H and O–H groups in total. The molecule has 0 fully saturated rings. The molecule has 1 aromatic carbocycles. The van der Waals surface area contributed by atoms with Crippen molar-refractivity contribution < 1.29 is 4.92 Å². The Morgan fingerprint density at radius 3 is 2.82 bits per heavy atom. The summed E-state index contributed by atoms with van der Waals surface area (Å²) in [7, 11) is 0. The van der Waals surface area contributed by atoms with Crippen molar-refractivity contribution >= 4 is 23.0 Å². The van der Waals surface area contributed by atoms with E-state index in [0.29, 0.717) is 25.2 Å². The van der Waals surface area contributed by atoms with Gasteiger partial charge in [-0.3, -0.25) is 10.1 Å². The van der Waals surface area contributed by atoms with Crippen LogP contribution in [0.4, 0.5) is 11.4 Å². The van der Waals surface area contributed by atoms with Crippen LogP contribution in [0.15, 0.2) is 18.2 Å². The summed E-state index contributed by atoms with van der Waals surface area (Å²) in [6.07, 6.45) is 0.317. The van der Waals surface area contributed by atoms with Crippen molar-refractivity contribution in [1.82, 2.24) is 0 Å². The number of rotatable bonds is 5. The summed E-state index contributed by atoms with van der Waals surface area (Å²) in [6.45, 7) is 2.92. The molecule has 0 aromatic heterocycles. The van der Waals surface area contributed by atoms with E-state index in [2.05, 4.69) is 0 Å². The second-order valence-corrected chi connectivity index (χ2v) is 3.76. The van der Waals surface area contributed by atoms with Crippen LogP contribution in [0.25, 0.3) is 0 Å². The van der Waals surface area contributed by atoms with E-state index in [1.165, 1.54) is 6.07 Å². The number of halogens is 1. The van der Waals surface area contributed by atoms with Gasteiger partial charge in [0, 0.05) is 13.1 Å². The maximum Gasteiger partial charge on any atom is 0.310 e. The lowest BCUT2D eigenvalue weighted by atomic mass is 10.2. The Morgan fingerprint density at radius 1 is 1.59 bits per heavy atom. The first-order chi connectivity index (χ1) is 8.11. The van der Waals surface area contributed by atoms with E-state index < -0.39 is 4.92 Å². The van der Waals surface area contributed by atoms with E-state index in [4.69, 9.17) is 16.9 Å². The summed E-state index contributed by atoms with van der Waals surface area (Å²) in [5.74, 6) is 0. The normalized spacial score (nSPS) is 9.71. The highest BCUT2D eigenvalue weighted by atomic mass is 35.5. The third kappa shape index (κ3) is 3.08. The van der Waals surface area contributed by atoms with Crippen LogP contribution >= 0.6 is 11.6 Å². The Labute approximate surface area is 104 Å². The number of hydrogen-bond acceptors (Lipinski definition) is 4. The highest BCUT2D eigenvalue weighted by Gasteiger charge is 2.21. The van der Waals surface area contributed by atoms with Crippen molar-refractivity contribution in [3.63, 3.8) is 0 Å². The lowest BCUT2D eigenvalue weighted by Crippen LogP contribution is -2.24. The van der Waals surface area contributed by atoms with Gasteiger partial charge in [-0.1, -0.05) is 17.7 Å². The first-order valence-corrected chi connectivity index (χ1v) is 5.54. The average Bonchev–Trinajstić information content (AvgIpc) is 2.29. The molecule has 0 unspecified atom stereocenters. The average molecular weight is 254 g/mol. The monoisotopic (exact) mass is 253 g/mol. The van der Waals surface area contributed by atoms with Gasteiger partial charge in [0.1, 0.15) is 10.7 Å². The van der Waals surface area contributed by atoms with E-state index in [1.807, 2.05) is 13.0 Å². The maximum atomic E-state index is 11.0. The molecule has 0 aliphatic heterocycles. The molecule has 5 nitrogen and oxygen atoms in total. The fourth-order valence-electron chi connectivity index (χ4n) is 1.57. The second kappa shape index (κ2) is 6.06. The van der Waals surface area contributed by atoms with E-state index in [9.17, 15) is 10.1 Å². The highest BCUT2D eigenvalue weighted by molar-refractivity contribution is 6.33. The molecule has 17 heavy (non-hydrogen) atoms. The molecule has 1 rings (SSSR count). The maximum absolute atomic E-state index is 11.0. The Balaban J connectivity index is 3.15. The van der Waals surface area contributed by atoms with Gasteiger partial charge in [0.15, 0.2) is 0 Å². The number of benzene rings is 1. The van der Waals surface area contributed by atoms with E-state index in [-0.39, 0.29) is 10.7 Å². The van der Waals surface area contributed by atoms with Crippen molar-refractivity contribution in [2.24, 2.45) is 0 Å². The molecule has 0 saturated carbocycles. The molecule has 0 amide bonds. The van der Waals surface area contributed by atoms with Gasteiger partial charge in [-0.25, -0.2) is 0 Å². The Kier molecular flexibility index (Phi) is 4.73. The lowest BCUT2D eigenvalue weighted by molar-refractivity contribution is -0.384. The number of anilines is 1. The first kappa shape index (κ1) is 13.3. The van der Waals surface area contributed by atoms with Gasteiger partial charge in [0.05, 0.1) is 17.4 Å². The number of hydrogen-bond donors (Lipinski definition) is 0. The molecule has 0 aliphatic carbocycles. The summed E-state index contributed by atoms with van der Waals surface area (Å²) in [4.78, 5) is 12.2. The van der Waals surface area contributed by atoms with Crippen LogP contribution in [0.2, 0.25) is 5.02 Å². The SMILES string of the molecule is CCN(CCC#N)c1cccc(Cl)c1[N+](=O)[O-]. The summed E-state index contributed by atoms with van der Waals surface area (Å²) in [6, 6.07) is 6.82. The number of nitriles is 1. The zero-order valence-corrected chi connectivity index (χ0v) is 10.1. The van der Waals surface area contributed by atoms with Gasteiger partial charge in [-0.15, -0.1) is 0 Å². The van der Waals surface area contributed by atoms with E-state index in [1.54, 1.807) is 17.0 Å². The standard InChI is InChI=1S/C11H12ClN3O2/c1-2-14(8-4-7-13)10-6-3-5-9(12)11(10)15(16)17/h3,5-6H,2,4,8H2,1H3. The van der Waals surface area contributed by atoms with Crippen LogP contribution in [0.1, 0.15) is 13.3 Å². The van der Waals surface area contributed by atoms with E-state index in [0.717, 1.165) is 0 Å². The van der Waals surface area contributed by atoms with Gasteiger partial charge >= 0.3 is 5.69 Å². The van der Waals surface area contributed by atoms with Gasteiger partial charge in [-0.05, 0) is 19.1 Å². The Hall–Kier alpha value is -1.80. The Bertz CT molecular complexity index is 457. The third-order valence-corrected chi connectivity index (χ3v) is 2.67. The van der Waals surface area contributed by atoms with Crippen LogP contribution in [0, 0.1) is 21.4 Å². The molecule has 6 heteroatoms. The van der Waals surface area contributed by atoms with Crippen molar-refractivity contribution in [1.29, 1.82) is 5.26 Å². The van der Waals surface area contributed by atoms with Crippen LogP contribution < -0.4 is 4.90 Å². The molecule has 90 valence electrons. The zero-order valence-electron chi connectivity index (χ0n) is 9.39. The van der Waals surface area contributed by atoms with Crippen LogP contribution in [-0.2, 0) is 0 Å². The van der Waals surface area contributed by atoms with Crippen molar-refractivity contribution in [2.45, 2.75) is 13.3 Å². The first-order valence-electron chi connectivity index (χ1n) is 5.16. The minimum absolute atomic E-state index is 0.103. The number of nitro benzene ring substituents is 1. The second-order valence-electron chi connectivity index (χ2n) is 3.35. The third-order valence-electron chi connectivity index (χ3n) is 2.36. The van der Waals surface area contributed by atoms with Crippen molar-refractivity contribution in [2.75, 3.05) is 18.0 Å². The summed E-state index contributed by atoms with van der Waals surface area (Å²) < 4.78 is 0. The predicted octanol–water partition coefficient (Wildman–Crippen LogP) is 2.99. The van der Waals surface area contributed by atoms with Crippen LogP contribution in [0.5, 0.6) is 0 Å². The Morgan fingerprint density at radius 2 is 2.29 bits per heavy atom. The van der Waals surface area contributed by atoms with Crippen molar-refractivity contribution in [3.05, 3.63) is 33.3 Å². The molecular weight excluding hydrogens is 242 g/mol. The molecule has 0 spiro atoms. The molecule has 0 heterocycles. The van der Waals surface area contributed by atoms with Crippen molar-refractivity contribution in [3.8, 4) is 6.07 Å². The molecule has 0 saturated heterocycles. The quantitative estimate of drug-likeness (QED) is 0.597. The lowest BCUT2D eigenvalue weighted by Gasteiger charge is -2.21. The largest absolute Gasteiger partial charge is 0.365 e. The fraction of sp³-hybridized carbons (Fsp3) is 0.364. The number of nitro groups is 1. The van der Waals surface area contributed by atoms with Gasteiger partial charge < -0.3 is 4.90 Å². The minimum Gasteiger partial charge on any atom is -0.365 e. The molecule has 0 aliphatic rings. The molecule has 0 bridgehead atoms. The summed E-state index contributed by atoms with van der Waals surface area (Å²) in [5.41, 5.74) is 0.356. The van der Waals surface area contributed by atoms with Gasteiger partial charge in [0.25, 0.3) is 0 Å². The highest BCUT2D eigenvalue weighted by Crippen LogP contribution is 2.34. The van der Waals surface area contributed by atoms with Gasteiger partial charge in [-0.2, -0.15) is 5.26 Å². The minimum atomic E-state index is -0.493. The smallest absolute Gasteiger partial charge is 0.310 e. The summed E-state index contributed by atoms with van der Waals surface area (Å²) in [5, 5.41) is 19.6.